The van der Waals surface area contributed by atoms with Gasteiger partial charge in [-0.15, -0.1) is 0 Å². The van der Waals surface area contributed by atoms with E-state index in [0.29, 0.717) is 5.69 Å². The van der Waals surface area contributed by atoms with Crippen LogP contribution in [0.2, 0.25) is 0 Å². The van der Waals surface area contributed by atoms with Crippen LogP contribution in [0.3, 0.4) is 0 Å². The van der Waals surface area contributed by atoms with Gasteiger partial charge in [0.25, 0.3) is 5.91 Å². The van der Waals surface area contributed by atoms with Crippen molar-refractivity contribution in [2.75, 3.05) is 0 Å². The first kappa shape index (κ1) is 13.0. The topological polar surface area (TPSA) is 70.7 Å². The molecule has 0 bridgehead atoms. The predicted octanol–water partition coefficient (Wildman–Crippen LogP) is 2.25. The number of rotatable bonds is 2. The minimum Gasteiger partial charge on any atom is -0.348 e. The van der Waals surface area contributed by atoms with E-state index in [2.05, 4.69) is 20.5 Å². The lowest BCUT2D eigenvalue weighted by atomic mass is 9.93. The Morgan fingerprint density at radius 1 is 1.27 bits per heavy atom. The molecule has 3 aromatic rings. The third-order valence-electron chi connectivity index (χ3n) is 4.24. The first-order valence-electron chi connectivity index (χ1n) is 7.47. The Bertz CT molecular complexity index is 834. The summed E-state index contributed by atoms with van der Waals surface area (Å²) in [5.74, 6) is -0.107. The molecule has 0 saturated heterocycles. The number of fused-ring (bicyclic) bond motifs is 2. The molecule has 5 heteroatoms. The fourth-order valence-electron chi connectivity index (χ4n) is 3.09. The second kappa shape index (κ2) is 5.26. The zero-order valence-electron chi connectivity index (χ0n) is 12.0. The number of benzene rings is 1. The molecule has 110 valence electrons. The standard InChI is InChI=1S/C17H16N4O/c22-17(16-14-4-2-1-3-11(14)7-8-18-16)20-13-6-5-12-10-19-21-15(12)9-13/h1-4,7-8,10,13H,5-6,9H2,(H,19,21)(H,20,22). The Kier molecular flexibility index (Phi) is 3.11. The summed E-state index contributed by atoms with van der Waals surface area (Å²) in [7, 11) is 0. The number of carbonyl (C=O) groups excluding carboxylic acids is 1. The van der Waals surface area contributed by atoms with Gasteiger partial charge in [0.05, 0.1) is 6.20 Å². The molecule has 1 amide bonds. The highest BCUT2D eigenvalue weighted by atomic mass is 16.1. The van der Waals surface area contributed by atoms with Gasteiger partial charge in [-0.2, -0.15) is 5.10 Å². The number of nitrogens with zero attached hydrogens (tertiary/aromatic N) is 2. The first-order valence-corrected chi connectivity index (χ1v) is 7.47. The lowest BCUT2D eigenvalue weighted by Crippen LogP contribution is -2.39. The average Bonchev–Trinajstić information content (AvgIpc) is 3.02. The van der Waals surface area contributed by atoms with Gasteiger partial charge in [0.1, 0.15) is 5.69 Å². The van der Waals surface area contributed by atoms with Gasteiger partial charge >= 0.3 is 0 Å². The number of hydrogen-bond donors (Lipinski definition) is 2. The molecule has 1 aromatic carbocycles. The van der Waals surface area contributed by atoms with Crippen LogP contribution < -0.4 is 5.32 Å². The molecule has 4 rings (SSSR count). The summed E-state index contributed by atoms with van der Waals surface area (Å²) in [6, 6.07) is 9.87. The Morgan fingerprint density at radius 3 is 3.14 bits per heavy atom. The van der Waals surface area contributed by atoms with Crippen LogP contribution in [0.5, 0.6) is 0 Å². The third kappa shape index (κ3) is 2.24. The predicted molar refractivity (Wildman–Crippen MR) is 83.6 cm³/mol. The van der Waals surface area contributed by atoms with Crippen LogP contribution >= 0.6 is 0 Å². The number of aromatic amines is 1. The number of H-pyrrole nitrogens is 1. The van der Waals surface area contributed by atoms with Crippen LogP contribution in [-0.2, 0) is 12.8 Å². The van der Waals surface area contributed by atoms with E-state index in [0.717, 1.165) is 35.7 Å². The maximum absolute atomic E-state index is 12.6. The summed E-state index contributed by atoms with van der Waals surface area (Å²) in [6.45, 7) is 0. The molecule has 22 heavy (non-hydrogen) atoms. The number of pyridine rings is 1. The monoisotopic (exact) mass is 292 g/mol. The molecule has 0 spiro atoms. The maximum Gasteiger partial charge on any atom is 0.270 e. The molecule has 1 atom stereocenters. The van der Waals surface area contributed by atoms with Crippen molar-refractivity contribution in [2.45, 2.75) is 25.3 Å². The van der Waals surface area contributed by atoms with Crippen LogP contribution in [0.4, 0.5) is 0 Å². The smallest absolute Gasteiger partial charge is 0.270 e. The van der Waals surface area contributed by atoms with Gasteiger partial charge in [0, 0.05) is 29.7 Å². The molecular weight excluding hydrogens is 276 g/mol. The molecule has 5 nitrogen and oxygen atoms in total. The second-order valence-corrected chi connectivity index (χ2v) is 5.67. The van der Waals surface area contributed by atoms with Gasteiger partial charge in [-0.05, 0) is 29.9 Å². The van der Waals surface area contributed by atoms with E-state index in [-0.39, 0.29) is 11.9 Å². The van der Waals surface area contributed by atoms with Crippen LogP contribution in [0.25, 0.3) is 10.8 Å². The molecule has 0 aliphatic heterocycles. The summed E-state index contributed by atoms with van der Waals surface area (Å²) in [5, 5.41) is 12.1. The zero-order valence-corrected chi connectivity index (χ0v) is 12.0. The normalized spacial score (nSPS) is 17.2. The molecule has 2 N–H and O–H groups in total. The fourth-order valence-corrected chi connectivity index (χ4v) is 3.09. The molecule has 2 aromatic heterocycles. The van der Waals surface area contributed by atoms with Gasteiger partial charge in [-0.25, -0.2) is 0 Å². The molecule has 1 aliphatic rings. The van der Waals surface area contributed by atoms with E-state index in [1.54, 1.807) is 6.20 Å². The fraction of sp³-hybridized carbons (Fsp3) is 0.235. The Labute approximate surface area is 127 Å². The van der Waals surface area contributed by atoms with Crippen molar-refractivity contribution >= 4 is 16.7 Å². The number of amides is 1. The first-order chi connectivity index (χ1) is 10.8. The molecule has 0 fully saturated rings. The van der Waals surface area contributed by atoms with Gasteiger partial charge in [0.15, 0.2) is 0 Å². The summed E-state index contributed by atoms with van der Waals surface area (Å²) in [5.41, 5.74) is 2.88. The lowest BCUT2D eigenvalue weighted by molar-refractivity contribution is 0.0930. The van der Waals surface area contributed by atoms with E-state index in [1.807, 2.05) is 36.5 Å². The highest BCUT2D eigenvalue weighted by Gasteiger charge is 2.23. The zero-order chi connectivity index (χ0) is 14.9. The van der Waals surface area contributed by atoms with E-state index in [9.17, 15) is 4.79 Å². The van der Waals surface area contributed by atoms with Crippen molar-refractivity contribution in [3.8, 4) is 0 Å². The molecular formula is C17H16N4O. The Balaban J connectivity index is 1.57. The number of carbonyl (C=O) groups is 1. The molecule has 1 unspecified atom stereocenters. The highest BCUT2D eigenvalue weighted by molar-refractivity contribution is 6.05. The molecule has 0 radical (unpaired) electrons. The van der Waals surface area contributed by atoms with Crippen molar-refractivity contribution in [1.82, 2.24) is 20.5 Å². The molecule has 2 heterocycles. The number of aromatic nitrogens is 3. The van der Waals surface area contributed by atoms with Crippen molar-refractivity contribution < 1.29 is 4.79 Å². The van der Waals surface area contributed by atoms with Gasteiger partial charge in [-0.3, -0.25) is 14.9 Å². The summed E-state index contributed by atoms with van der Waals surface area (Å²) < 4.78 is 0. The minimum atomic E-state index is -0.107. The van der Waals surface area contributed by atoms with E-state index < -0.39 is 0 Å². The van der Waals surface area contributed by atoms with Crippen LogP contribution in [0.15, 0.2) is 42.7 Å². The van der Waals surface area contributed by atoms with Crippen molar-refractivity contribution in [1.29, 1.82) is 0 Å². The Hall–Kier alpha value is -2.69. The van der Waals surface area contributed by atoms with Crippen molar-refractivity contribution in [3.05, 3.63) is 59.7 Å². The molecule has 0 saturated carbocycles. The number of nitrogens with one attached hydrogen (secondary N) is 2. The third-order valence-corrected chi connectivity index (χ3v) is 4.24. The average molecular weight is 292 g/mol. The van der Waals surface area contributed by atoms with Gasteiger partial charge in [0.2, 0.25) is 0 Å². The minimum absolute atomic E-state index is 0.107. The van der Waals surface area contributed by atoms with Crippen LogP contribution in [-0.4, -0.2) is 27.1 Å². The van der Waals surface area contributed by atoms with Crippen molar-refractivity contribution in [3.63, 3.8) is 0 Å². The van der Waals surface area contributed by atoms with Crippen LogP contribution in [0, 0.1) is 0 Å². The van der Waals surface area contributed by atoms with E-state index in [4.69, 9.17) is 0 Å². The second-order valence-electron chi connectivity index (χ2n) is 5.67. The van der Waals surface area contributed by atoms with Gasteiger partial charge < -0.3 is 5.32 Å². The SMILES string of the molecule is O=C(NC1CCc2cn[nH]c2C1)c1nccc2ccccc12. The summed E-state index contributed by atoms with van der Waals surface area (Å²) in [4.78, 5) is 16.9. The van der Waals surface area contributed by atoms with Gasteiger partial charge in [-0.1, -0.05) is 24.3 Å². The number of hydrogen-bond acceptors (Lipinski definition) is 3. The largest absolute Gasteiger partial charge is 0.348 e. The maximum atomic E-state index is 12.6. The summed E-state index contributed by atoms with van der Waals surface area (Å²) in [6.07, 6.45) is 6.24. The lowest BCUT2D eigenvalue weighted by Gasteiger charge is -2.22. The van der Waals surface area contributed by atoms with Crippen LogP contribution in [0.1, 0.15) is 28.2 Å². The Morgan fingerprint density at radius 2 is 2.18 bits per heavy atom. The number of aryl methyl sites for hydroxylation is 1. The van der Waals surface area contributed by atoms with Crippen molar-refractivity contribution in [2.24, 2.45) is 0 Å². The molecule has 1 aliphatic carbocycles. The van der Waals surface area contributed by atoms with E-state index in [1.165, 1.54) is 5.56 Å². The van der Waals surface area contributed by atoms with E-state index >= 15 is 0 Å². The highest BCUT2D eigenvalue weighted by Crippen LogP contribution is 2.20. The summed E-state index contributed by atoms with van der Waals surface area (Å²) >= 11 is 0. The quantitative estimate of drug-likeness (QED) is 0.761.